The molecule has 1 saturated carbocycles. The van der Waals surface area contributed by atoms with Crippen LogP contribution in [0.2, 0.25) is 0 Å². The zero-order chi connectivity index (χ0) is 25.5. The van der Waals surface area contributed by atoms with Crippen molar-refractivity contribution in [2.75, 3.05) is 38.5 Å². The second kappa shape index (κ2) is 9.53. The molecule has 190 valence electrons. The average Bonchev–Trinajstić information content (AvgIpc) is 3.68. The minimum Gasteiger partial charge on any atom is -0.364 e. The molecule has 1 amide bonds. The third kappa shape index (κ3) is 4.77. The van der Waals surface area contributed by atoms with Gasteiger partial charge in [0, 0.05) is 63.1 Å². The van der Waals surface area contributed by atoms with Crippen molar-refractivity contribution in [1.29, 1.82) is 0 Å². The van der Waals surface area contributed by atoms with E-state index in [1.165, 1.54) is 5.56 Å². The van der Waals surface area contributed by atoms with Gasteiger partial charge in [-0.3, -0.25) is 14.7 Å². The maximum absolute atomic E-state index is 12.5. The van der Waals surface area contributed by atoms with Crippen LogP contribution < -0.4 is 11.1 Å². The number of nitrogens with two attached hydrogens (primary N) is 1. The largest absolute Gasteiger partial charge is 0.364 e. The van der Waals surface area contributed by atoms with E-state index in [9.17, 15) is 4.79 Å². The summed E-state index contributed by atoms with van der Waals surface area (Å²) in [6.45, 7) is 5.27. The number of primary amides is 1. The van der Waals surface area contributed by atoms with Crippen molar-refractivity contribution in [3.05, 3.63) is 59.9 Å². The summed E-state index contributed by atoms with van der Waals surface area (Å²) < 4.78 is 1.91. The highest BCUT2D eigenvalue weighted by molar-refractivity contribution is 5.98. The van der Waals surface area contributed by atoms with Crippen LogP contribution in [-0.2, 0) is 13.6 Å². The molecule has 1 aliphatic carbocycles. The van der Waals surface area contributed by atoms with Gasteiger partial charge in [0.05, 0.1) is 29.4 Å². The molecule has 0 radical (unpaired) electrons. The Labute approximate surface area is 215 Å². The molecule has 4 aromatic rings. The van der Waals surface area contributed by atoms with Gasteiger partial charge < -0.3 is 20.5 Å². The number of pyridine rings is 1. The molecule has 1 saturated heterocycles. The summed E-state index contributed by atoms with van der Waals surface area (Å²) in [6.07, 6.45) is 7.32. The first kappa shape index (κ1) is 23.5. The predicted octanol–water partition coefficient (Wildman–Crippen LogP) is 2.89. The quantitative estimate of drug-likeness (QED) is 0.400. The van der Waals surface area contributed by atoms with Crippen molar-refractivity contribution in [1.82, 2.24) is 34.3 Å². The summed E-state index contributed by atoms with van der Waals surface area (Å²) in [7, 11) is 4.09. The van der Waals surface area contributed by atoms with Crippen LogP contribution in [0.5, 0.6) is 0 Å². The van der Waals surface area contributed by atoms with E-state index in [0.717, 1.165) is 73.5 Å². The van der Waals surface area contributed by atoms with Gasteiger partial charge in [0.15, 0.2) is 11.5 Å². The molecular weight excluding hydrogens is 466 g/mol. The molecule has 1 aliphatic heterocycles. The number of fused-ring (bicyclic) bond motifs is 1. The molecule has 37 heavy (non-hydrogen) atoms. The van der Waals surface area contributed by atoms with Crippen molar-refractivity contribution < 1.29 is 4.79 Å². The molecule has 2 aliphatic rings. The molecule has 2 fully saturated rings. The number of anilines is 2. The Balaban J connectivity index is 1.31. The lowest BCUT2D eigenvalue weighted by Crippen LogP contribution is -2.43. The molecule has 0 atom stereocenters. The first-order valence-electron chi connectivity index (χ1n) is 12.7. The van der Waals surface area contributed by atoms with E-state index < -0.39 is 5.91 Å². The summed E-state index contributed by atoms with van der Waals surface area (Å²) in [6, 6.07) is 8.26. The van der Waals surface area contributed by atoms with Crippen LogP contribution in [-0.4, -0.2) is 73.4 Å². The standard InChI is InChI=1S/C27H31N9O/c1-34-9-11-36(12-10-34)15-17-3-7-19(8-4-17)31-27-25(26(28)37)32-24(22(33-27)18-5-6-18)20-13-29-14-21-23(20)30-16-35(21)2/h3-4,7-8,13-14,16,18H,5-6,9-12,15H2,1-2H3,(H2,28,37)(H,31,33). The number of carbonyl (C=O) groups is 1. The fourth-order valence-electron chi connectivity index (χ4n) is 4.86. The number of aryl methyl sites for hydroxylation is 1. The molecule has 1 aromatic carbocycles. The van der Waals surface area contributed by atoms with Crippen LogP contribution in [0.4, 0.5) is 11.5 Å². The van der Waals surface area contributed by atoms with Crippen molar-refractivity contribution in [2.45, 2.75) is 25.3 Å². The SMILES string of the molecule is CN1CCN(Cc2ccc(Nc3nc(C4CC4)c(-c4cncc5c4ncn5C)nc3C(N)=O)cc2)CC1. The first-order chi connectivity index (χ1) is 18.0. The van der Waals surface area contributed by atoms with Gasteiger partial charge in [0.1, 0.15) is 5.52 Å². The number of amides is 1. The van der Waals surface area contributed by atoms with E-state index in [1.807, 2.05) is 23.7 Å². The highest BCUT2D eigenvalue weighted by Crippen LogP contribution is 2.44. The second-order valence-corrected chi connectivity index (χ2v) is 10.1. The van der Waals surface area contributed by atoms with Crippen LogP contribution in [0.1, 0.15) is 40.5 Å². The summed E-state index contributed by atoms with van der Waals surface area (Å²) in [5.74, 6) is 0.0347. The number of carbonyl (C=O) groups excluding carboxylic acids is 1. The minimum atomic E-state index is -0.633. The van der Waals surface area contributed by atoms with Gasteiger partial charge in [-0.2, -0.15) is 0 Å². The third-order valence-electron chi connectivity index (χ3n) is 7.23. The Bertz CT molecular complexity index is 1450. The van der Waals surface area contributed by atoms with E-state index in [2.05, 4.69) is 44.3 Å². The Morgan fingerprint density at radius 2 is 1.81 bits per heavy atom. The van der Waals surface area contributed by atoms with Gasteiger partial charge in [-0.05, 0) is 37.6 Å². The summed E-state index contributed by atoms with van der Waals surface area (Å²) in [4.78, 5) is 35.9. The smallest absolute Gasteiger partial charge is 0.271 e. The molecule has 10 nitrogen and oxygen atoms in total. The Morgan fingerprint density at radius 3 is 2.51 bits per heavy atom. The Kier molecular flexibility index (Phi) is 6.05. The molecule has 4 heterocycles. The molecule has 3 N–H and O–H groups in total. The normalized spacial score (nSPS) is 16.8. The number of aromatic nitrogens is 5. The molecule has 0 spiro atoms. The van der Waals surface area contributed by atoms with Gasteiger partial charge in [-0.1, -0.05) is 12.1 Å². The highest BCUT2D eigenvalue weighted by atomic mass is 16.1. The zero-order valence-electron chi connectivity index (χ0n) is 21.2. The van der Waals surface area contributed by atoms with E-state index in [4.69, 9.17) is 15.7 Å². The highest BCUT2D eigenvalue weighted by Gasteiger charge is 2.32. The minimum absolute atomic E-state index is 0.105. The summed E-state index contributed by atoms with van der Waals surface area (Å²) in [5.41, 5.74) is 11.9. The zero-order valence-corrected chi connectivity index (χ0v) is 21.2. The van der Waals surface area contributed by atoms with E-state index in [0.29, 0.717) is 11.5 Å². The van der Waals surface area contributed by atoms with Crippen molar-refractivity contribution in [2.24, 2.45) is 12.8 Å². The second-order valence-electron chi connectivity index (χ2n) is 10.1. The fraction of sp³-hybridized carbons (Fsp3) is 0.370. The molecule has 3 aromatic heterocycles. The van der Waals surface area contributed by atoms with Gasteiger partial charge in [-0.15, -0.1) is 0 Å². The lowest BCUT2D eigenvalue weighted by Gasteiger charge is -2.32. The van der Waals surface area contributed by atoms with E-state index >= 15 is 0 Å². The average molecular weight is 498 g/mol. The van der Waals surface area contributed by atoms with E-state index in [1.54, 1.807) is 18.7 Å². The summed E-state index contributed by atoms with van der Waals surface area (Å²) >= 11 is 0. The van der Waals surface area contributed by atoms with Crippen LogP contribution in [0.3, 0.4) is 0 Å². The number of imidazole rings is 1. The van der Waals surface area contributed by atoms with Crippen LogP contribution in [0, 0.1) is 0 Å². The van der Waals surface area contributed by atoms with Gasteiger partial charge in [0.2, 0.25) is 0 Å². The fourth-order valence-corrected chi connectivity index (χ4v) is 4.86. The number of benzene rings is 1. The Hall–Kier alpha value is -3.89. The maximum atomic E-state index is 12.5. The maximum Gasteiger partial charge on any atom is 0.271 e. The van der Waals surface area contributed by atoms with Crippen LogP contribution in [0.15, 0.2) is 43.0 Å². The predicted molar refractivity (Wildman–Crippen MR) is 143 cm³/mol. The first-order valence-corrected chi connectivity index (χ1v) is 12.7. The molecule has 0 unspecified atom stereocenters. The number of nitrogens with zero attached hydrogens (tertiary/aromatic N) is 7. The molecular formula is C27H31N9O. The van der Waals surface area contributed by atoms with Crippen LogP contribution >= 0.6 is 0 Å². The molecule has 6 rings (SSSR count). The molecule has 0 bridgehead atoms. The van der Waals surface area contributed by atoms with Gasteiger partial charge >= 0.3 is 0 Å². The monoisotopic (exact) mass is 497 g/mol. The number of hydrogen-bond donors (Lipinski definition) is 2. The van der Waals surface area contributed by atoms with Crippen molar-refractivity contribution in [3.8, 4) is 11.3 Å². The number of hydrogen-bond acceptors (Lipinski definition) is 8. The number of rotatable bonds is 7. The number of piperazine rings is 1. The number of nitrogens with one attached hydrogen (secondary N) is 1. The third-order valence-corrected chi connectivity index (χ3v) is 7.23. The number of likely N-dealkylation sites (N-methyl/N-ethyl adjacent to an activating group) is 1. The van der Waals surface area contributed by atoms with Crippen LogP contribution in [0.25, 0.3) is 22.3 Å². The van der Waals surface area contributed by atoms with Gasteiger partial charge in [-0.25, -0.2) is 15.0 Å². The topological polar surface area (TPSA) is 118 Å². The summed E-state index contributed by atoms with van der Waals surface area (Å²) in [5, 5.41) is 3.30. The van der Waals surface area contributed by atoms with Crippen molar-refractivity contribution >= 4 is 28.4 Å². The van der Waals surface area contributed by atoms with E-state index in [-0.39, 0.29) is 11.6 Å². The van der Waals surface area contributed by atoms with Gasteiger partial charge in [0.25, 0.3) is 5.91 Å². The lowest BCUT2D eigenvalue weighted by atomic mass is 10.1. The molecule has 10 heteroatoms. The lowest BCUT2D eigenvalue weighted by molar-refractivity contribution is 0.0996. The van der Waals surface area contributed by atoms with Crippen molar-refractivity contribution in [3.63, 3.8) is 0 Å². The Morgan fingerprint density at radius 1 is 1.05 bits per heavy atom.